The quantitative estimate of drug-likeness (QED) is 0.116. The SMILES string of the molecule is CCOC(=O)C1(C(=O)OCC)CCCC1/C=C/CC/C=C/C1CCCC1(C(=O)OCC)C(=O)OCC. The van der Waals surface area contributed by atoms with Crippen LogP contribution >= 0.6 is 0 Å². The van der Waals surface area contributed by atoms with Gasteiger partial charge in [0, 0.05) is 11.8 Å². The number of hydrogen-bond acceptors (Lipinski definition) is 8. The van der Waals surface area contributed by atoms with Crippen molar-refractivity contribution in [3.05, 3.63) is 24.3 Å². The second-order valence-corrected chi connectivity index (χ2v) is 9.26. The highest BCUT2D eigenvalue weighted by atomic mass is 16.6. The molecule has 0 amide bonds. The van der Waals surface area contributed by atoms with Crippen molar-refractivity contribution in [2.24, 2.45) is 22.7 Å². The molecule has 2 rings (SSSR count). The van der Waals surface area contributed by atoms with Crippen molar-refractivity contribution >= 4 is 23.9 Å². The molecule has 202 valence electrons. The fraction of sp³-hybridized carbons (Fsp3) is 0.714. The molecule has 0 bridgehead atoms. The highest BCUT2D eigenvalue weighted by molar-refractivity contribution is 6.01. The summed E-state index contributed by atoms with van der Waals surface area (Å²) < 4.78 is 21.0. The van der Waals surface area contributed by atoms with Crippen LogP contribution in [0.1, 0.15) is 79.1 Å². The number of carbonyl (C=O) groups is 4. The fourth-order valence-electron chi connectivity index (χ4n) is 5.52. The first-order valence-electron chi connectivity index (χ1n) is 13.4. The molecule has 2 saturated carbocycles. The van der Waals surface area contributed by atoms with Crippen LogP contribution in [0.5, 0.6) is 0 Å². The summed E-state index contributed by atoms with van der Waals surface area (Å²) in [6, 6.07) is 0. The number of rotatable bonds is 13. The molecular weight excluding hydrogens is 464 g/mol. The van der Waals surface area contributed by atoms with Crippen LogP contribution in [0.2, 0.25) is 0 Å². The van der Waals surface area contributed by atoms with Gasteiger partial charge in [-0.05, 0) is 66.2 Å². The fourth-order valence-corrected chi connectivity index (χ4v) is 5.52. The molecule has 0 radical (unpaired) electrons. The van der Waals surface area contributed by atoms with Gasteiger partial charge < -0.3 is 18.9 Å². The van der Waals surface area contributed by atoms with E-state index in [1.54, 1.807) is 27.7 Å². The molecule has 36 heavy (non-hydrogen) atoms. The van der Waals surface area contributed by atoms with Gasteiger partial charge in [-0.1, -0.05) is 37.1 Å². The van der Waals surface area contributed by atoms with Gasteiger partial charge in [0.15, 0.2) is 10.8 Å². The molecule has 0 aliphatic heterocycles. The Labute approximate surface area is 214 Å². The van der Waals surface area contributed by atoms with Crippen LogP contribution < -0.4 is 0 Å². The Morgan fingerprint density at radius 2 is 0.917 bits per heavy atom. The maximum Gasteiger partial charge on any atom is 0.324 e. The van der Waals surface area contributed by atoms with E-state index in [1.807, 2.05) is 24.3 Å². The lowest BCUT2D eigenvalue weighted by molar-refractivity contribution is -0.175. The molecule has 8 nitrogen and oxygen atoms in total. The van der Waals surface area contributed by atoms with E-state index in [9.17, 15) is 19.2 Å². The van der Waals surface area contributed by atoms with Crippen LogP contribution in [0.4, 0.5) is 0 Å². The lowest BCUT2D eigenvalue weighted by atomic mass is 9.77. The Morgan fingerprint density at radius 1 is 0.611 bits per heavy atom. The Morgan fingerprint density at radius 3 is 1.19 bits per heavy atom. The van der Waals surface area contributed by atoms with Crippen molar-refractivity contribution in [2.75, 3.05) is 26.4 Å². The second-order valence-electron chi connectivity index (χ2n) is 9.26. The minimum Gasteiger partial charge on any atom is -0.465 e. The van der Waals surface area contributed by atoms with Crippen LogP contribution in [0.25, 0.3) is 0 Å². The van der Waals surface area contributed by atoms with Crippen molar-refractivity contribution in [1.82, 2.24) is 0 Å². The first-order chi connectivity index (χ1) is 17.3. The zero-order chi connectivity index (χ0) is 26.6. The Bertz CT molecular complexity index is 723. The van der Waals surface area contributed by atoms with Crippen LogP contribution in [0.3, 0.4) is 0 Å². The zero-order valence-corrected chi connectivity index (χ0v) is 22.2. The molecule has 0 saturated heterocycles. The monoisotopic (exact) mass is 506 g/mol. The molecule has 0 N–H and O–H groups in total. The first-order valence-corrected chi connectivity index (χ1v) is 13.4. The molecule has 8 heteroatoms. The van der Waals surface area contributed by atoms with Gasteiger partial charge in [0.1, 0.15) is 0 Å². The van der Waals surface area contributed by atoms with Gasteiger partial charge in [-0.3, -0.25) is 19.2 Å². The van der Waals surface area contributed by atoms with E-state index < -0.39 is 34.7 Å². The molecule has 2 atom stereocenters. The van der Waals surface area contributed by atoms with Crippen molar-refractivity contribution in [1.29, 1.82) is 0 Å². The van der Waals surface area contributed by atoms with Gasteiger partial charge in [-0.15, -0.1) is 0 Å². The summed E-state index contributed by atoms with van der Waals surface area (Å²) in [7, 11) is 0. The number of allylic oxidation sites excluding steroid dienone is 4. The smallest absolute Gasteiger partial charge is 0.324 e. The minimum absolute atomic E-state index is 0.210. The van der Waals surface area contributed by atoms with E-state index in [0.717, 1.165) is 12.8 Å². The molecule has 0 spiro atoms. The minimum atomic E-state index is -1.28. The summed E-state index contributed by atoms with van der Waals surface area (Å²) in [5.41, 5.74) is -2.55. The van der Waals surface area contributed by atoms with E-state index >= 15 is 0 Å². The number of esters is 4. The van der Waals surface area contributed by atoms with Crippen LogP contribution in [0, 0.1) is 22.7 Å². The summed E-state index contributed by atoms with van der Waals surface area (Å²) in [4.78, 5) is 51.2. The van der Waals surface area contributed by atoms with Gasteiger partial charge in [0.25, 0.3) is 0 Å². The summed E-state index contributed by atoms with van der Waals surface area (Å²) in [5.74, 6) is -2.57. The van der Waals surface area contributed by atoms with E-state index in [4.69, 9.17) is 18.9 Å². The van der Waals surface area contributed by atoms with Gasteiger partial charge in [0.2, 0.25) is 0 Å². The number of carbonyl (C=O) groups excluding carboxylic acids is 4. The van der Waals surface area contributed by atoms with Crippen molar-refractivity contribution < 1.29 is 38.1 Å². The molecule has 2 unspecified atom stereocenters. The molecule has 0 aromatic rings. The summed E-state index contributed by atoms with van der Waals surface area (Å²) in [6.45, 7) is 7.75. The summed E-state index contributed by atoms with van der Waals surface area (Å²) in [6.07, 6.45) is 13.0. The van der Waals surface area contributed by atoms with Gasteiger partial charge in [-0.25, -0.2) is 0 Å². The van der Waals surface area contributed by atoms with E-state index in [1.165, 1.54) is 0 Å². The molecule has 0 aromatic carbocycles. The van der Waals surface area contributed by atoms with Crippen molar-refractivity contribution in [3.8, 4) is 0 Å². The standard InChI is InChI=1S/C28H42O8/c1-5-33-23(29)27(24(30)34-6-2)19-13-17-21(27)15-11-9-10-12-16-22-18-14-20-28(22,25(31)35-7-3)26(32)36-8-4/h11-12,15-16,21-22H,5-10,13-14,17-20H2,1-4H3/b15-11+,16-12+. The van der Waals surface area contributed by atoms with Crippen molar-refractivity contribution in [2.45, 2.75) is 79.1 Å². The van der Waals surface area contributed by atoms with E-state index in [0.29, 0.717) is 38.5 Å². The summed E-state index contributed by atoms with van der Waals surface area (Å²) >= 11 is 0. The Balaban J connectivity index is 2.07. The number of unbranched alkanes of at least 4 members (excludes halogenated alkanes) is 1. The lowest BCUT2D eigenvalue weighted by Crippen LogP contribution is -2.44. The predicted octanol–water partition coefficient (Wildman–Crippen LogP) is 4.70. The van der Waals surface area contributed by atoms with Gasteiger partial charge in [0.05, 0.1) is 26.4 Å². The van der Waals surface area contributed by atoms with Crippen molar-refractivity contribution in [3.63, 3.8) is 0 Å². The predicted molar refractivity (Wildman–Crippen MR) is 134 cm³/mol. The second kappa shape index (κ2) is 14.2. The number of ether oxygens (including phenoxy) is 4. The Hall–Kier alpha value is -2.64. The third-order valence-corrected chi connectivity index (χ3v) is 7.23. The van der Waals surface area contributed by atoms with E-state index in [2.05, 4.69) is 0 Å². The molecule has 2 aliphatic carbocycles. The molecule has 0 aromatic heterocycles. The van der Waals surface area contributed by atoms with Gasteiger partial charge >= 0.3 is 23.9 Å². The molecule has 2 fully saturated rings. The largest absolute Gasteiger partial charge is 0.465 e. The molecule has 0 heterocycles. The molecular formula is C28H42O8. The third kappa shape index (κ3) is 6.19. The Kier molecular flexibility index (Phi) is 11.7. The first kappa shape index (κ1) is 29.6. The highest BCUT2D eigenvalue weighted by Gasteiger charge is 2.57. The normalized spacial score (nSPS) is 22.6. The summed E-state index contributed by atoms with van der Waals surface area (Å²) in [5, 5.41) is 0. The van der Waals surface area contributed by atoms with Gasteiger partial charge in [-0.2, -0.15) is 0 Å². The lowest BCUT2D eigenvalue weighted by Gasteiger charge is -2.29. The maximum absolute atomic E-state index is 12.8. The topological polar surface area (TPSA) is 105 Å². The molecule has 2 aliphatic rings. The van der Waals surface area contributed by atoms with Crippen LogP contribution in [-0.4, -0.2) is 50.3 Å². The highest BCUT2D eigenvalue weighted by Crippen LogP contribution is 2.47. The third-order valence-electron chi connectivity index (χ3n) is 7.23. The average molecular weight is 507 g/mol. The zero-order valence-electron chi connectivity index (χ0n) is 22.2. The maximum atomic E-state index is 12.8. The van der Waals surface area contributed by atoms with E-state index in [-0.39, 0.29) is 38.3 Å². The average Bonchev–Trinajstić information content (AvgIpc) is 3.47. The number of hydrogen-bond donors (Lipinski definition) is 0. The van der Waals surface area contributed by atoms with Crippen LogP contribution in [0.15, 0.2) is 24.3 Å². The van der Waals surface area contributed by atoms with Crippen LogP contribution in [-0.2, 0) is 38.1 Å².